The molecule has 2 heterocycles. The van der Waals surface area contributed by atoms with Crippen LogP contribution in [-0.2, 0) is 10.0 Å². The van der Waals surface area contributed by atoms with Gasteiger partial charge in [-0.1, -0.05) is 6.92 Å². The Bertz CT molecular complexity index is 655. The highest BCUT2D eigenvalue weighted by molar-refractivity contribution is 7.89. The molecule has 2 aromatic rings. The number of anilines is 1. The second-order valence-corrected chi connectivity index (χ2v) is 5.69. The molecule has 1 unspecified atom stereocenters. The summed E-state index contributed by atoms with van der Waals surface area (Å²) >= 11 is 0. The number of imidazole rings is 1. The smallest absolute Gasteiger partial charge is 0.260 e. The topological polar surface area (TPSA) is 126 Å². The van der Waals surface area contributed by atoms with Crippen molar-refractivity contribution in [1.29, 1.82) is 0 Å². The lowest BCUT2D eigenvalue weighted by atomic mass is 10.2. The maximum atomic E-state index is 12.4. The van der Waals surface area contributed by atoms with Crippen molar-refractivity contribution < 1.29 is 8.42 Å². The van der Waals surface area contributed by atoms with Crippen LogP contribution in [0, 0.1) is 0 Å². The van der Waals surface area contributed by atoms with Gasteiger partial charge >= 0.3 is 0 Å². The second-order valence-electron chi connectivity index (χ2n) is 4.06. The first-order valence-corrected chi connectivity index (χ1v) is 7.50. The fraction of sp³-hybridized carbons (Fsp3) is 0.273. The summed E-state index contributed by atoms with van der Waals surface area (Å²) in [6.07, 6.45) is 5.15. The van der Waals surface area contributed by atoms with Gasteiger partial charge in [0.05, 0.1) is 11.7 Å². The average Bonchev–Trinajstić information content (AvgIpc) is 2.98. The summed E-state index contributed by atoms with van der Waals surface area (Å²) in [5.74, 6) is 5.85. The lowest BCUT2D eigenvalue weighted by molar-refractivity contribution is 0.536. The largest absolute Gasteiger partial charge is 0.347 e. The Balaban J connectivity index is 2.31. The van der Waals surface area contributed by atoms with Crippen LogP contribution in [-0.4, -0.2) is 23.4 Å². The SMILES string of the molecule is CCC(NS(=O)(=O)c1ncccc1NN)c1ncc[nH]1. The number of hydrogen-bond acceptors (Lipinski definition) is 6. The van der Waals surface area contributed by atoms with Crippen LogP contribution in [0.15, 0.2) is 35.7 Å². The molecule has 2 aromatic heterocycles. The van der Waals surface area contributed by atoms with E-state index in [0.29, 0.717) is 12.2 Å². The number of H-pyrrole nitrogens is 1. The summed E-state index contributed by atoms with van der Waals surface area (Å²) in [7, 11) is -3.80. The number of nitrogen functional groups attached to an aromatic ring is 1. The van der Waals surface area contributed by atoms with Crippen molar-refractivity contribution in [3.8, 4) is 0 Å². The monoisotopic (exact) mass is 296 g/mol. The van der Waals surface area contributed by atoms with Crippen LogP contribution in [0.25, 0.3) is 0 Å². The Morgan fingerprint density at radius 2 is 2.20 bits per heavy atom. The number of nitrogens with two attached hydrogens (primary N) is 1. The van der Waals surface area contributed by atoms with Gasteiger partial charge in [0.1, 0.15) is 5.82 Å². The Kier molecular flexibility index (Phi) is 4.32. The van der Waals surface area contributed by atoms with Gasteiger partial charge in [0.25, 0.3) is 10.0 Å². The zero-order valence-corrected chi connectivity index (χ0v) is 11.7. The molecule has 0 bridgehead atoms. The zero-order chi connectivity index (χ0) is 14.6. The van der Waals surface area contributed by atoms with E-state index in [1.165, 1.54) is 12.3 Å². The van der Waals surface area contributed by atoms with Crippen molar-refractivity contribution in [1.82, 2.24) is 19.7 Å². The molecule has 0 radical (unpaired) electrons. The number of nitrogens with one attached hydrogen (secondary N) is 3. The van der Waals surface area contributed by atoms with Crippen LogP contribution in [0.4, 0.5) is 5.69 Å². The van der Waals surface area contributed by atoms with Crippen LogP contribution in [0.1, 0.15) is 25.2 Å². The van der Waals surface area contributed by atoms with E-state index in [0.717, 1.165) is 0 Å². The Labute approximate surface area is 116 Å². The summed E-state index contributed by atoms with van der Waals surface area (Å²) in [4.78, 5) is 10.8. The van der Waals surface area contributed by atoms with Crippen molar-refractivity contribution >= 4 is 15.7 Å². The van der Waals surface area contributed by atoms with Gasteiger partial charge in [0.15, 0.2) is 5.03 Å². The Morgan fingerprint density at radius 3 is 2.80 bits per heavy atom. The van der Waals surface area contributed by atoms with Crippen LogP contribution in [0.3, 0.4) is 0 Å². The highest BCUT2D eigenvalue weighted by Gasteiger charge is 2.25. The number of sulfonamides is 1. The molecule has 0 spiro atoms. The Hall–Kier alpha value is -1.97. The van der Waals surface area contributed by atoms with Crippen molar-refractivity contribution in [3.05, 3.63) is 36.5 Å². The minimum absolute atomic E-state index is 0.146. The van der Waals surface area contributed by atoms with E-state index in [2.05, 4.69) is 25.1 Å². The minimum Gasteiger partial charge on any atom is -0.347 e. The van der Waals surface area contributed by atoms with Gasteiger partial charge in [-0.3, -0.25) is 5.84 Å². The first kappa shape index (κ1) is 14.4. The van der Waals surface area contributed by atoms with E-state index >= 15 is 0 Å². The molecule has 0 saturated carbocycles. The van der Waals surface area contributed by atoms with Crippen molar-refractivity contribution in [2.24, 2.45) is 5.84 Å². The summed E-state index contributed by atoms with van der Waals surface area (Å²) in [5, 5.41) is -0.146. The lowest BCUT2D eigenvalue weighted by Crippen LogP contribution is -2.30. The van der Waals surface area contributed by atoms with Gasteiger partial charge < -0.3 is 10.4 Å². The van der Waals surface area contributed by atoms with Gasteiger partial charge in [0.2, 0.25) is 0 Å². The number of hydrogen-bond donors (Lipinski definition) is 4. The first-order valence-electron chi connectivity index (χ1n) is 6.01. The molecule has 5 N–H and O–H groups in total. The number of aromatic amines is 1. The van der Waals surface area contributed by atoms with Gasteiger partial charge in [-0.15, -0.1) is 0 Å². The molecule has 0 aliphatic carbocycles. The molecule has 2 rings (SSSR count). The molecule has 20 heavy (non-hydrogen) atoms. The fourth-order valence-corrected chi connectivity index (χ4v) is 3.14. The number of rotatable bonds is 6. The third kappa shape index (κ3) is 2.95. The van der Waals surface area contributed by atoms with Crippen molar-refractivity contribution in [3.63, 3.8) is 0 Å². The van der Waals surface area contributed by atoms with Gasteiger partial charge in [0, 0.05) is 18.6 Å². The van der Waals surface area contributed by atoms with E-state index < -0.39 is 16.1 Å². The quantitative estimate of drug-likeness (QED) is 0.455. The number of nitrogens with zero attached hydrogens (tertiary/aromatic N) is 2. The summed E-state index contributed by atoms with van der Waals surface area (Å²) in [5.41, 5.74) is 2.55. The average molecular weight is 296 g/mol. The first-order chi connectivity index (χ1) is 9.58. The molecule has 1 atom stereocenters. The molecule has 108 valence electrons. The highest BCUT2D eigenvalue weighted by Crippen LogP contribution is 2.20. The fourth-order valence-electron chi connectivity index (χ4n) is 1.76. The molecule has 0 amide bonds. The van der Waals surface area contributed by atoms with E-state index in [1.807, 2.05) is 6.92 Å². The number of pyridine rings is 1. The van der Waals surface area contributed by atoms with Crippen molar-refractivity contribution in [2.45, 2.75) is 24.4 Å². The van der Waals surface area contributed by atoms with Crippen LogP contribution in [0.5, 0.6) is 0 Å². The lowest BCUT2D eigenvalue weighted by Gasteiger charge is -2.15. The van der Waals surface area contributed by atoms with E-state index in [9.17, 15) is 8.42 Å². The number of aromatic nitrogens is 3. The predicted octanol–water partition coefficient (Wildman–Crippen LogP) is 0.520. The third-order valence-corrected chi connectivity index (χ3v) is 4.17. The van der Waals surface area contributed by atoms with Crippen molar-refractivity contribution in [2.75, 3.05) is 5.43 Å². The van der Waals surface area contributed by atoms with E-state index in [4.69, 9.17) is 5.84 Å². The van der Waals surface area contributed by atoms with Crippen LogP contribution < -0.4 is 16.0 Å². The molecule has 0 aromatic carbocycles. The minimum atomic E-state index is -3.80. The highest BCUT2D eigenvalue weighted by atomic mass is 32.2. The molecular weight excluding hydrogens is 280 g/mol. The predicted molar refractivity (Wildman–Crippen MR) is 74.0 cm³/mol. The Morgan fingerprint density at radius 1 is 1.40 bits per heavy atom. The molecule has 0 aliphatic rings. The maximum Gasteiger partial charge on any atom is 0.260 e. The maximum absolute atomic E-state index is 12.4. The van der Waals surface area contributed by atoms with Gasteiger partial charge in [-0.2, -0.15) is 4.72 Å². The zero-order valence-electron chi connectivity index (χ0n) is 10.9. The molecule has 8 nitrogen and oxygen atoms in total. The molecule has 0 aliphatic heterocycles. The summed E-state index contributed by atoms with van der Waals surface area (Å²) in [6, 6.07) is 2.68. The molecular formula is C11H16N6O2S. The second kappa shape index (κ2) is 5.99. The van der Waals surface area contributed by atoms with E-state index in [-0.39, 0.29) is 10.7 Å². The summed E-state index contributed by atoms with van der Waals surface area (Å²) < 4.78 is 27.3. The standard InChI is InChI=1S/C11H16N6O2S/c1-2-8(10-13-6-7-14-10)17-20(18,19)11-9(16-12)4-3-5-15-11/h3-8,16-17H,2,12H2,1H3,(H,13,14). The molecule has 0 saturated heterocycles. The third-order valence-electron chi connectivity index (χ3n) is 2.74. The number of hydrazine groups is 1. The summed E-state index contributed by atoms with van der Waals surface area (Å²) in [6.45, 7) is 1.86. The molecule has 9 heteroatoms. The van der Waals surface area contributed by atoms with Crippen LogP contribution >= 0.6 is 0 Å². The van der Waals surface area contributed by atoms with Gasteiger partial charge in [-0.05, 0) is 18.6 Å². The van der Waals surface area contributed by atoms with E-state index in [1.54, 1.807) is 18.5 Å². The molecule has 0 fully saturated rings. The van der Waals surface area contributed by atoms with Crippen LogP contribution in [0.2, 0.25) is 0 Å². The normalized spacial score (nSPS) is 13.1. The van der Waals surface area contributed by atoms with Gasteiger partial charge in [-0.25, -0.2) is 18.4 Å².